The highest BCUT2D eigenvalue weighted by atomic mass is 19.3. The van der Waals surface area contributed by atoms with E-state index in [1.165, 1.54) is 6.42 Å². The molecule has 0 saturated heterocycles. The molecule has 0 aromatic heterocycles. The van der Waals surface area contributed by atoms with E-state index in [9.17, 15) is 26.3 Å². The van der Waals surface area contributed by atoms with Gasteiger partial charge >= 0.3 is 0 Å². The minimum absolute atomic E-state index is 0.105. The third kappa shape index (κ3) is 19.1. The zero-order chi connectivity index (χ0) is 25.4. The molecule has 196 valence electrons. The van der Waals surface area contributed by atoms with Crippen LogP contribution in [-0.2, 0) is 0 Å². The molecule has 0 radical (unpaired) electrons. The van der Waals surface area contributed by atoms with Gasteiger partial charge in [0.25, 0.3) is 0 Å². The fraction of sp³-hybridized carbons (Fsp3) is 1.00. The van der Waals surface area contributed by atoms with Crippen molar-refractivity contribution in [2.24, 2.45) is 17.8 Å². The van der Waals surface area contributed by atoms with Crippen LogP contribution < -0.4 is 0 Å². The van der Waals surface area contributed by atoms with Gasteiger partial charge in [-0.05, 0) is 56.3 Å². The topological polar surface area (TPSA) is 0 Å². The van der Waals surface area contributed by atoms with Crippen LogP contribution in [-0.4, -0.2) is 17.8 Å². The van der Waals surface area contributed by atoms with E-state index in [0.717, 1.165) is 0 Å². The van der Waals surface area contributed by atoms with Crippen molar-refractivity contribution in [2.75, 3.05) is 0 Å². The lowest BCUT2D eigenvalue weighted by molar-refractivity contribution is -0.0443. The summed E-state index contributed by atoms with van der Waals surface area (Å²) in [5.41, 5.74) is 0. The number of hydrogen-bond acceptors (Lipinski definition) is 0. The van der Waals surface area contributed by atoms with Crippen LogP contribution in [0, 0.1) is 17.8 Å². The Labute approximate surface area is 194 Å². The molecule has 0 atom stereocenters. The molecule has 0 bridgehead atoms. The van der Waals surface area contributed by atoms with Gasteiger partial charge in [-0.15, -0.1) is 0 Å². The number of hydrogen-bond donors (Lipinski definition) is 0. The van der Waals surface area contributed by atoms with Crippen LogP contribution in [0.1, 0.15) is 132 Å². The summed E-state index contributed by atoms with van der Waals surface area (Å²) in [4.78, 5) is 0. The van der Waals surface area contributed by atoms with E-state index < -0.39 is 17.8 Å². The first-order chi connectivity index (χ1) is 14.7. The fourth-order valence-electron chi connectivity index (χ4n) is 3.55. The first-order valence-electron chi connectivity index (χ1n) is 12.9. The molecular weight excluding hydrogens is 426 g/mol. The maximum absolute atomic E-state index is 12.4. The second-order valence-electron chi connectivity index (χ2n) is 9.82. The lowest BCUT2D eigenvalue weighted by atomic mass is 9.88. The Bertz CT molecular complexity index is 344. The molecule has 0 unspecified atom stereocenters. The predicted octanol–water partition coefficient (Wildman–Crippen LogP) is 10.9. The molecule has 0 amide bonds. The van der Waals surface area contributed by atoms with Gasteiger partial charge in [-0.2, -0.15) is 0 Å². The van der Waals surface area contributed by atoms with Crippen molar-refractivity contribution >= 4 is 0 Å². The highest BCUT2D eigenvalue weighted by molar-refractivity contribution is 4.76. The summed E-state index contributed by atoms with van der Waals surface area (Å²) in [5, 5.41) is 0. The largest absolute Gasteiger partial charge is 0.248 e. The van der Waals surface area contributed by atoms with Gasteiger partial charge in [0.2, 0.25) is 17.8 Å². The van der Waals surface area contributed by atoms with Crippen LogP contribution in [0.25, 0.3) is 0 Å². The molecule has 0 nitrogen and oxygen atoms in total. The Morgan fingerprint density at radius 1 is 0.469 bits per heavy atom. The second kappa shape index (κ2) is 17.1. The molecule has 3 saturated carbocycles. The van der Waals surface area contributed by atoms with Gasteiger partial charge < -0.3 is 0 Å². The summed E-state index contributed by atoms with van der Waals surface area (Å²) >= 11 is 0. The van der Waals surface area contributed by atoms with Crippen LogP contribution in [0.4, 0.5) is 26.3 Å². The Balaban J connectivity index is 0. The SMILES string of the molecule is CC.CC1CCC(F)(F)CC1.CC1CCC(F)(F)CC1.CC1CCC(F)(F)CC1.CCC. The van der Waals surface area contributed by atoms with E-state index >= 15 is 0 Å². The Morgan fingerprint density at radius 2 is 0.594 bits per heavy atom. The highest BCUT2D eigenvalue weighted by Crippen LogP contribution is 2.37. The van der Waals surface area contributed by atoms with Crippen LogP contribution in [0.3, 0.4) is 0 Å². The van der Waals surface area contributed by atoms with Gasteiger partial charge in [-0.25, -0.2) is 26.3 Å². The van der Waals surface area contributed by atoms with Crippen molar-refractivity contribution in [1.29, 1.82) is 0 Å². The first kappa shape index (κ1) is 33.8. The van der Waals surface area contributed by atoms with Gasteiger partial charge in [0.1, 0.15) is 0 Å². The molecule has 3 aliphatic rings. The van der Waals surface area contributed by atoms with Crippen molar-refractivity contribution in [3.05, 3.63) is 0 Å². The van der Waals surface area contributed by atoms with Gasteiger partial charge in [0.05, 0.1) is 0 Å². The minimum atomic E-state index is -2.34. The monoisotopic (exact) mass is 476 g/mol. The van der Waals surface area contributed by atoms with E-state index in [1.54, 1.807) is 0 Å². The number of rotatable bonds is 0. The van der Waals surface area contributed by atoms with Crippen LogP contribution in [0.5, 0.6) is 0 Å². The van der Waals surface area contributed by atoms with E-state index in [-0.39, 0.29) is 38.5 Å². The molecule has 0 aromatic rings. The van der Waals surface area contributed by atoms with Crippen molar-refractivity contribution in [3.63, 3.8) is 0 Å². The molecule has 3 rings (SSSR count). The molecule has 32 heavy (non-hydrogen) atoms. The standard InChI is InChI=1S/3C7H12F2.C3H8.C2H6/c3*1-6-2-4-7(8,9)5-3-6;1-3-2;1-2/h3*6H,2-5H2,1H3;3H2,1-2H3;1-2H3. The third-order valence-electron chi connectivity index (χ3n) is 6.02. The zero-order valence-corrected chi connectivity index (χ0v) is 21.7. The molecule has 3 aliphatic carbocycles. The van der Waals surface area contributed by atoms with E-state index in [1.807, 2.05) is 34.6 Å². The van der Waals surface area contributed by atoms with Crippen molar-refractivity contribution in [3.8, 4) is 0 Å². The van der Waals surface area contributed by atoms with Gasteiger partial charge in [-0.1, -0.05) is 54.9 Å². The normalized spacial score (nSPS) is 24.7. The summed E-state index contributed by atoms with van der Waals surface area (Å²) in [7, 11) is 0. The Kier molecular flexibility index (Phi) is 18.0. The molecule has 3 fully saturated rings. The van der Waals surface area contributed by atoms with Gasteiger partial charge in [0.15, 0.2) is 0 Å². The fourth-order valence-corrected chi connectivity index (χ4v) is 3.55. The molecule has 0 heterocycles. The van der Waals surface area contributed by atoms with Crippen molar-refractivity contribution < 1.29 is 26.3 Å². The number of alkyl halides is 6. The third-order valence-corrected chi connectivity index (χ3v) is 6.02. The Hall–Kier alpha value is -0.420. The van der Waals surface area contributed by atoms with Crippen molar-refractivity contribution in [1.82, 2.24) is 0 Å². The molecule has 0 aromatic carbocycles. The molecule has 6 heteroatoms. The Morgan fingerprint density at radius 3 is 0.688 bits per heavy atom. The maximum atomic E-state index is 12.4. The quantitative estimate of drug-likeness (QED) is 0.305. The summed E-state index contributed by atoms with van der Waals surface area (Å²) in [5.74, 6) is -5.47. The van der Waals surface area contributed by atoms with Crippen LogP contribution in [0.2, 0.25) is 0 Å². The van der Waals surface area contributed by atoms with Crippen LogP contribution in [0.15, 0.2) is 0 Å². The average Bonchev–Trinajstić information content (AvgIpc) is 2.72. The smallest absolute Gasteiger partial charge is 0.207 e. The van der Waals surface area contributed by atoms with Crippen molar-refractivity contribution in [2.45, 2.75) is 150 Å². The first-order valence-corrected chi connectivity index (χ1v) is 12.9. The van der Waals surface area contributed by atoms with Crippen LogP contribution >= 0.6 is 0 Å². The second-order valence-corrected chi connectivity index (χ2v) is 9.82. The summed E-state index contributed by atoms with van der Waals surface area (Å²) in [6, 6.07) is 0. The summed E-state index contributed by atoms with van der Waals surface area (Å²) < 4.78 is 74.3. The van der Waals surface area contributed by atoms with E-state index in [4.69, 9.17) is 0 Å². The predicted molar refractivity (Wildman–Crippen MR) is 125 cm³/mol. The summed E-state index contributed by atoms with van der Waals surface area (Å²) in [6.45, 7) is 14.4. The average molecular weight is 477 g/mol. The van der Waals surface area contributed by atoms with Gasteiger partial charge in [0, 0.05) is 38.5 Å². The lowest BCUT2D eigenvalue weighted by Gasteiger charge is -2.25. The molecule has 0 N–H and O–H groups in total. The highest BCUT2D eigenvalue weighted by Gasteiger charge is 2.34. The van der Waals surface area contributed by atoms with Gasteiger partial charge in [-0.3, -0.25) is 0 Å². The lowest BCUT2D eigenvalue weighted by Crippen LogP contribution is -2.23. The maximum Gasteiger partial charge on any atom is 0.248 e. The minimum Gasteiger partial charge on any atom is -0.207 e. The van der Waals surface area contributed by atoms with E-state index in [2.05, 4.69) is 13.8 Å². The van der Waals surface area contributed by atoms with E-state index in [0.29, 0.717) is 56.3 Å². The molecular formula is C26H50F6. The number of halogens is 6. The zero-order valence-electron chi connectivity index (χ0n) is 21.7. The molecule has 0 aliphatic heterocycles. The summed E-state index contributed by atoms with van der Waals surface area (Å²) in [6.07, 6.45) is 6.09. The molecule has 0 spiro atoms.